The second-order valence-electron chi connectivity index (χ2n) is 14.8. The molecule has 49 heavy (non-hydrogen) atoms. The Morgan fingerprint density at radius 1 is 0.510 bits per heavy atom. The van der Waals surface area contributed by atoms with Gasteiger partial charge in [0, 0.05) is 23.2 Å². The summed E-state index contributed by atoms with van der Waals surface area (Å²) in [4.78, 5) is 10.2. The Labute approximate surface area is 289 Å². The van der Waals surface area contributed by atoms with Crippen molar-refractivity contribution in [1.29, 1.82) is 0 Å². The minimum atomic E-state index is 0.275. The van der Waals surface area contributed by atoms with E-state index in [0.29, 0.717) is 0 Å². The third kappa shape index (κ3) is 5.38. The van der Waals surface area contributed by atoms with Gasteiger partial charge in [-0.1, -0.05) is 115 Å². The number of fused-ring (bicyclic) bond motifs is 4. The van der Waals surface area contributed by atoms with Crippen LogP contribution in [0.15, 0.2) is 90.3 Å². The number of aryl methyl sites for hydroxylation is 2. The highest BCUT2D eigenvalue weighted by Gasteiger charge is 2.27. The van der Waals surface area contributed by atoms with Gasteiger partial charge in [0.15, 0.2) is 11.3 Å². The Kier molecular flexibility index (Phi) is 8.30. The Morgan fingerprint density at radius 2 is 0.878 bits per heavy atom. The van der Waals surface area contributed by atoms with Crippen molar-refractivity contribution >= 4 is 33.1 Å². The molecule has 3 heterocycles. The Bertz CT molecular complexity index is 2210. The third-order valence-corrected chi connectivity index (χ3v) is 9.86. The van der Waals surface area contributed by atoms with Crippen molar-refractivity contribution < 1.29 is 0 Å². The summed E-state index contributed by atoms with van der Waals surface area (Å²) in [6.07, 6.45) is 3.62. The first-order valence-electron chi connectivity index (χ1n) is 17.7. The van der Waals surface area contributed by atoms with E-state index in [2.05, 4.69) is 156 Å². The van der Waals surface area contributed by atoms with E-state index in [1.807, 2.05) is 12.4 Å². The zero-order valence-electron chi connectivity index (χ0n) is 30.6. The molecule has 0 saturated carbocycles. The summed E-state index contributed by atoms with van der Waals surface area (Å²) >= 11 is 0. The number of para-hydroxylation sites is 2. The zero-order chi connectivity index (χ0) is 34.7. The molecule has 250 valence electrons. The van der Waals surface area contributed by atoms with E-state index in [0.717, 1.165) is 39.3 Å². The molecule has 0 amide bonds. The molecule has 0 aliphatic carbocycles. The molecular formula is C43H48N6. The van der Waals surface area contributed by atoms with Crippen LogP contribution >= 0.6 is 0 Å². The number of rotatable bonds is 7. The molecule has 7 aromatic rings. The van der Waals surface area contributed by atoms with Crippen LogP contribution in [0.2, 0.25) is 0 Å². The first-order chi connectivity index (χ1) is 23.5. The van der Waals surface area contributed by atoms with Crippen molar-refractivity contribution in [1.82, 2.24) is 23.8 Å². The van der Waals surface area contributed by atoms with E-state index < -0.39 is 0 Å². The highest BCUT2D eigenvalue weighted by atomic mass is 15.4. The molecule has 4 aromatic carbocycles. The maximum Gasteiger partial charge on any atom is 0.240 e. The Morgan fingerprint density at radius 3 is 1.22 bits per heavy atom. The van der Waals surface area contributed by atoms with Crippen LogP contribution < -0.4 is 5.62 Å². The van der Waals surface area contributed by atoms with Crippen LogP contribution in [0.1, 0.15) is 112 Å². The number of imidazole rings is 1. The molecule has 0 radical (unpaired) electrons. The van der Waals surface area contributed by atoms with Gasteiger partial charge in [0.2, 0.25) is 5.62 Å². The van der Waals surface area contributed by atoms with Gasteiger partial charge in [0.25, 0.3) is 0 Å². The van der Waals surface area contributed by atoms with Crippen molar-refractivity contribution in [2.24, 2.45) is 5.10 Å². The molecule has 0 fully saturated rings. The van der Waals surface area contributed by atoms with Gasteiger partial charge in [0.1, 0.15) is 0 Å². The van der Waals surface area contributed by atoms with Gasteiger partial charge in [0.05, 0.1) is 22.4 Å². The maximum absolute atomic E-state index is 5.77. The van der Waals surface area contributed by atoms with Gasteiger partial charge >= 0.3 is 0 Å². The number of aromatic nitrogens is 5. The molecule has 0 aliphatic heterocycles. The van der Waals surface area contributed by atoms with Crippen molar-refractivity contribution in [3.05, 3.63) is 124 Å². The number of nitrogens with zero attached hydrogens (tertiary/aromatic N) is 6. The van der Waals surface area contributed by atoms with E-state index >= 15 is 0 Å². The molecule has 0 spiro atoms. The van der Waals surface area contributed by atoms with E-state index in [1.165, 1.54) is 44.2 Å². The number of benzene rings is 4. The molecule has 0 N–H and O–H groups in total. The summed E-state index contributed by atoms with van der Waals surface area (Å²) in [7, 11) is 0. The number of hydrogen-bond acceptors (Lipinski definition) is 3. The summed E-state index contributed by atoms with van der Waals surface area (Å²) < 4.78 is 6.74. The van der Waals surface area contributed by atoms with Crippen molar-refractivity contribution in [3.63, 3.8) is 0 Å². The molecule has 7 rings (SSSR count). The van der Waals surface area contributed by atoms with Crippen LogP contribution in [0.3, 0.4) is 0 Å². The van der Waals surface area contributed by atoms with Gasteiger partial charge in [-0.3, -0.25) is 9.13 Å². The molecule has 0 aliphatic rings. The lowest BCUT2D eigenvalue weighted by Gasteiger charge is -2.22. The quantitative estimate of drug-likeness (QED) is 0.173. The first-order valence-corrected chi connectivity index (χ1v) is 17.7. The third-order valence-electron chi connectivity index (χ3n) is 9.86. The van der Waals surface area contributed by atoms with Crippen LogP contribution in [-0.4, -0.2) is 23.8 Å². The summed E-state index contributed by atoms with van der Waals surface area (Å²) in [5.74, 6) is 1.10. The highest BCUT2D eigenvalue weighted by molar-refractivity contribution is 6.08. The van der Waals surface area contributed by atoms with Gasteiger partial charge in [-0.15, -0.1) is 5.10 Å². The van der Waals surface area contributed by atoms with Crippen molar-refractivity contribution in [2.75, 3.05) is 0 Å². The molecule has 3 aromatic heterocycles. The molecule has 6 heteroatoms. The predicted molar refractivity (Wildman–Crippen MR) is 204 cm³/mol. The fourth-order valence-electron chi connectivity index (χ4n) is 7.40. The standard InChI is InChI=1S/C43H48N6/c1-25(2)31-13-11-14-32(26(3)4)39(31)47-41-42(45-22-21-44-41)48(40-33(27(5)6)15-12-16-34(40)28(7)8)43(47)46-49-37-19-17-29(9)23-35(37)36-24-30(10)18-20-38(36)49/h11-28H,1-10H3. The molecule has 0 atom stereocenters. The van der Waals surface area contributed by atoms with Crippen LogP contribution in [0.25, 0.3) is 44.5 Å². The predicted octanol–water partition coefficient (Wildman–Crippen LogP) is 10.8. The highest BCUT2D eigenvalue weighted by Crippen LogP contribution is 2.36. The average molecular weight is 649 g/mol. The van der Waals surface area contributed by atoms with Gasteiger partial charge in [-0.25, -0.2) is 14.6 Å². The largest absolute Gasteiger partial charge is 0.259 e. The molecule has 0 bridgehead atoms. The zero-order valence-corrected chi connectivity index (χ0v) is 30.6. The molecule has 0 saturated heterocycles. The van der Waals surface area contributed by atoms with E-state index in [1.54, 1.807) is 0 Å². The van der Waals surface area contributed by atoms with Crippen LogP contribution in [0.4, 0.5) is 0 Å². The summed E-state index contributed by atoms with van der Waals surface area (Å²) in [5.41, 5.74) is 14.2. The average Bonchev–Trinajstić information content (AvgIpc) is 3.54. The fourth-order valence-corrected chi connectivity index (χ4v) is 7.40. The van der Waals surface area contributed by atoms with Gasteiger partial charge < -0.3 is 0 Å². The van der Waals surface area contributed by atoms with E-state index in [-0.39, 0.29) is 23.7 Å². The molecule has 0 unspecified atom stereocenters. The normalized spacial score (nSPS) is 12.2. The van der Waals surface area contributed by atoms with Gasteiger partial charge in [-0.2, -0.15) is 0 Å². The minimum absolute atomic E-state index is 0.275. The van der Waals surface area contributed by atoms with Crippen molar-refractivity contribution in [3.8, 4) is 11.4 Å². The number of hydrogen-bond donors (Lipinski definition) is 0. The molecular weight excluding hydrogens is 601 g/mol. The van der Waals surface area contributed by atoms with Crippen molar-refractivity contribution in [2.45, 2.75) is 92.9 Å². The topological polar surface area (TPSA) is 52.9 Å². The second-order valence-corrected chi connectivity index (χ2v) is 14.8. The second kappa shape index (κ2) is 12.5. The van der Waals surface area contributed by atoms with Gasteiger partial charge in [-0.05, 0) is 84.0 Å². The lowest BCUT2D eigenvalue weighted by atomic mass is 9.92. The van der Waals surface area contributed by atoms with E-state index in [9.17, 15) is 0 Å². The smallest absolute Gasteiger partial charge is 0.240 e. The lowest BCUT2D eigenvalue weighted by Crippen LogP contribution is -2.29. The Hall–Kier alpha value is -4.97. The first kappa shape index (κ1) is 32.6. The summed E-state index contributed by atoms with van der Waals surface area (Å²) in [6, 6.07) is 26.8. The van der Waals surface area contributed by atoms with E-state index in [4.69, 9.17) is 15.1 Å². The molecule has 6 nitrogen and oxygen atoms in total. The lowest BCUT2D eigenvalue weighted by molar-refractivity contribution is 0.736. The minimum Gasteiger partial charge on any atom is -0.259 e. The van der Waals surface area contributed by atoms with Crippen LogP contribution in [0.5, 0.6) is 0 Å². The monoisotopic (exact) mass is 648 g/mol. The maximum atomic E-state index is 5.77. The van der Waals surface area contributed by atoms with Crippen LogP contribution in [-0.2, 0) is 0 Å². The van der Waals surface area contributed by atoms with Crippen LogP contribution in [0, 0.1) is 13.8 Å². The fraction of sp³-hybridized carbons (Fsp3) is 0.326. The summed E-state index contributed by atoms with van der Waals surface area (Å²) in [5, 5.41) is 8.17. The SMILES string of the molecule is Cc1ccc2c(c1)c1cc(C)ccc1n2N=c1n(-c2c(C(C)C)cccc2C(C)C)c2nccnc2n1-c1c(C(C)C)cccc1C(C)C. The summed E-state index contributed by atoms with van der Waals surface area (Å²) in [6.45, 7) is 22.5. The Balaban J connectivity index is 1.79.